The third-order valence-electron chi connectivity index (χ3n) is 4.69. The summed E-state index contributed by atoms with van der Waals surface area (Å²) in [5.74, 6) is -0.580. The number of hydrogen-bond acceptors (Lipinski definition) is 4. The monoisotopic (exact) mass is 297 g/mol. The number of nitrogens with zero attached hydrogens (tertiary/aromatic N) is 2. The maximum atomic E-state index is 12.2. The Balaban J connectivity index is 1.69. The van der Waals surface area contributed by atoms with Gasteiger partial charge in [0.1, 0.15) is 6.04 Å². The van der Waals surface area contributed by atoms with Crippen LogP contribution in [0.5, 0.6) is 0 Å². The minimum atomic E-state index is -0.793. The number of hydrogen-bond donors (Lipinski definition) is 2. The molecule has 2 aliphatic rings. The first-order chi connectivity index (χ1) is 10.1. The van der Waals surface area contributed by atoms with Crippen molar-refractivity contribution in [3.05, 3.63) is 0 Å². The fourth-order valence-corrected chi connectivity index (χ4v) is 3.14. The van der Waals surface area contributed by atoms with E-state index in [1.807, 2.05) is 9.80 Å². The molecule has 2 unspecified atom stereocenters. The van der Waals surface area contributed by atoms with Gasteiger partial charge in [0.2, 0.25) is 5.91 Å². The molecule has 0 saturated carbocycles. The molecule has 2 aliphatic heterocycles. The zero-order valence-electron chi connectivity index (χ0n) is 12.9. The second-order valence-corrected chi connectivity index (χ2v) is 6.12. The van der Waals surface area contributed by atoms with Crippen molar-refractivity contribution in [3.8, 4) is 0 Å². The zero-order valence-corrected chi connectivity index (χ0v) is 12.9. The van der Waals surface area contributed by atoms with Gasteiger partial charge in [-0.25, -0.2) is 0 Å². The van der Waals surface area contributed by atoms with Crippen molar-refractivity contribution in [2.24, 2.45) is 0 Å². The van der Waals surface area contributed by atoms with Gasteiger partial charge < -0.3 is 15.3 Å². The summed E-state index contributed by atoms with van der Waals surface area (Å²) < 4.78 is 0. The average molecular weight is 297 g/mol. The van der Waals surface area contributed by atoms with Crippen LogP contribution in [-0.2, 0) is 9.59 Å². The second kappa shape index (κ2) is 7.75. The lowest BCUT2D eigenvalue weighted by Crippen LogP contribution is -2.53. The van der Waals surface area contributed by atoms with Gasteiger partial charge in [-0.1, -0.05) is 6.42 Å². The van der Waals surface area contributed by atoms with Gasteiger partial charge in [-0.15, -0.1) is 0 Å². The Morgan fingerprint density at radius 2 is 1.95 bits per heavy atom. The molecule has 6 nitrogen and oxygen atoms in total. The third kappa shape index (κ3) is 4.68. The Bertz CT molecular complexity index is 361. The molecule has 0 spiro atoms. The predicted molar refractivity (Wildman–Crippen MR) is 80.1 cm³/mol. The van der Waals surface area contributed by atoms with Crippen molar-refractivity contribution >= 4 is 11.9 Å². The van der Waals surface area contributed by atoms with E-state index in [0.29, 0.717) is 38.6 Å². The van der Waals surface area contributed by atoms with E-state index in [9.17, 15) is 9.59 Å². The summed E-state index contributed by atoms with van der Waals surface area (Å²) >= 11 is 0. The highest BCUT2D eigenvalue weighted by atomic mass is 16.4. The Labute approximate surface area is 126 Å². The third-order valence-corrected chi connectivity index (χ3v) is 4.69. The van der Waals surface area contributed by atoms with Gasteiger partial charge in [0, 0.05) is 38.6 Å². The number of nitrogens with one attached hydrogen (secondary N) is 1. The van der Waals surface area contributed by atoms with Gasteiger partial charge in [0.05, 0.1) is 0 Å². The van der Waals surface area contributed by atoms with Crippen LogP contribution >= 0.6 is 0 Å². The second-order valence-electron chi connectivity index (χ2n) is 6.12. The van der Waals surface area contributed by atoms with E-state index in [1.165, 1.54) is 19.3 Å². The minimum absolute atomic E-state index is 0.213. The van der Waals surface area contributed by atoms with Gasteiger partial charge in [0.15, 0.2) is 0 Å². The number of piperidine rings is 1. The SMILES string of the molecule is CC(C(=O)O)N1CCN(C(=O)CCC2CCCCN2)CC1. The number of carbonyl (C=O) groups excluding carboxylic acids is 1. The number of carboxylic acid groups (broad SMARTS) is 1. The van der Waals surface area contributed by atoms with Crippen LogP contribution in [0.4, 0.5) is 0 Å². The molecular weight excluding hydrogens is 270 g/mol. The average Bonchev–Trinajstić information content (AvgIpc) is 2.53. The largest absolute Gasteiger partial charge is 0.480 e. The highest BCUT2D eigenvalue weighted by Crippen LogP contribution is 2.14. The maximum absolute atomic E-state index is 12.2. The van der Waals surface area contributed by atoms with Crippen LogP contribution in [0.3, 0.4) is 0 Å². The van der Waals surface area contributed by atoms with Gasteiger partial charge in [-0.2, -0.15) is 0 Å². The normalized spacial score (nSPS) is 25.6. The maximum Gasteiger partial charge on any atom is 0.320 e. The smallest absolute Gasteiger partial charge is 0.320 e. The molecule has 0 bridgehead atoms. The number of piperazine rings is 1. The summed E-state index contributed by atoms with van der Waals surface area (Å²) in [6, 6.07) is 0.0321. The standard InChI is InChI=1S/C15H27N3O3/c1-12(15(20)21)17-8-10-18(11-9-17)14(19)6-5-13-4-2-3-7-16-13/h12-13,16H,2-11H2,1H3,(H,20,21). The summed E-state index contributed by atoms with van der Waals surface area (Å²) in [5, 5.41) is 12.5. The number of carbonyl (C=O) groups is 2. The highest BCUT2D eigenvalue weighted by molar-refractivity contribution is 5.76. The predicted octanol–water partition coefficient (Wildman–Crippen LogP) is 0.526. The first-order valence-electron chi connectivity index (χ1n) is 8.06. The Morgan fingerprint density at radius 1 is 1.24 bits per heavy atom. The summed E-state index contributed by atoms with van der Waals surface area (Å²) in [4.78, 5) is 27.0. The van der Waals surface area contributed by atoms with Gasteiger partial charge in [-0.05, 0) is 32.7 Å². The molecule has 2 heterocycles. The molecule has 0 aromatic heterocycles. The lowest BCUT2D eigenvalue weighted by molar-refractivity contribution is -0.144. The Kier molecular flexibility index (Phi) is 5.99. The van der Waals surface area contributed by atoms with E-state index in [0.717, 1.165) is 13.0 Å². The van der Waals surface area contributed by atoms with Gasteiger partial charge in [0.25, 0.3) is 0 Å². The van der Waals surface area contributed by atoms with Crippen molar-refractivity contribution in [1.82, 2.24) is 15.1 Å². The van der Waals surface area contributed by atoms with E-state index in [2.05, 4.69) is 5.32 Å². The molecule has 2 N–H and O–H groups in total. The number of rotatable bonds is 5. The van der Waals surface area contributed by atoms with E-state index in [4.69, 9.17) is 5.11 Å². The molecular formula is C15H27N3O3. The molecule has 1 amide bonds. The molecule has 0 aromatic carbocycles. The Morgan fingerprint density at radius 3 is 2.52 bits per heavy atom. The highest BCUT2D eigenvalue weighted by Gasteiger charge is 2.27. The van der Waals surface area contributed by atoms with Crippen LogP contribution < -0.4 is 5.32 Å². The fourth-order valence-electron chi connectivity index (χ4n) is 3.14. The molecule has 120 valence electrons. The van der Waals surface area contributed by atoms with Gasteiger partial charge in [-0.3, -0.25) is 14.5 Å². The van der Waals surface area contributed by atoms with E-state index in [-0.39, 0.29) is 5.91 Å². The molecule has 0 aromatic rings. The molecule has 2 saturated heterocycles. The van der Waals surface area contributed by atoms with Crippen molar-refractivity contribution in [2.45, 2.75) is 51.1 Å². The van der Waals surface area contributed by atoms with Crippen molar-refractivity contribution in [2.75, 3.05) is 32.7 Å². The summed E-state index contributed by atoms with van der Waals surface area (Å²) in [6.07, 6.45) is 5.21. The van der Waals surface area contributed by atoms with E-state index >= 15 is 0 Å². The van der Waals surface area contributed by atoms with Crippen LogP contribution in [0.2, 0.25) is 0 Å². The molecule has 21 heavy (non-hydrogen) atoms. The quantitative estimate of drug-likeness (QED) is 0.774. The fraction of sp³-hybridized carbons (Fsp3) is 0.867. The molecule has 2 fully saturated rings. The first kappa shape index (κ1) is 16.2. The van der Waals surface area contributed by atoms with E-state index in [1.54, 1.807) is 6.92 Å². The van der Waals surface area contributed by atoms with Crippen LogP contribution in [0.15, 0.2) is 0 Å². The summed E-state index contributed by atoms with van der Waals surface area (Å²) in [6.45, 7) is 5.38. The lowest BCUT2D eigenvalue weighted by Gasteiger charge is -2.36. The Hall–Kier alpha value is -1.14. The minimum Gasteiger partial charge on any atom is -0.480 e. The number of carboxylic acids is 1. The van der Waals surface area contributed by atoms with Crippen LogP contribution in [0, 0.1) is 0 Å². The van der Waals surface area contributed by atoms with Crippen LogP contribution in [0.1, 0.15) is 39.0 Å². The molecule has 0 aliphatic carbocycles. The van der Waals surface area contributed by atoms with Crippen molar-refractivity contribution < 1.29 is 14.7 Å². The number of aliphatic carboxylic acids is 1. The van der Waals surface area contributed by atoms with Gasteiger partial charge >= 0.3 is 5.97 Å². The molecule has 6 heteroatoms. The van der Waals surface area contributed by atoms with Crippen molar-refractivity contribution in [1.29, 1.82) is 0 Å². The first-order valence-corrected chi connectivity index (χ1v) is 8.06. The lowest BCUT2D eigenvalue weighted by atomic mass is 10.0. The van der Waals surface area contributed by atoms with Crippen LogP contribution in [0.25, 0.3) is 0 Å². The van der Waals surface area contributed by atoms with Crippen LogP contribution in [-0.4, -0.2) is 71.6 Å². The number of amides is 1. The van der Waals surface area contributed by atoms with E-state index < -0.39 is 12.0 Å². The zero-order chi connectivity index (χ0) is 15.2. The topological polar surface area (TPSA) is 72.9 Å². The molecule has 0 radical (unpaired) electrons. The summed E-state index contributed by atoms with van der Waals surface area (Å²) in [7, 11) is 0. The summed E-state index contributed by atoms with van der Waals surface area (Å²) in [5.41, 5.74) is 0. The molecule has 2 rings (SSSR count). The molecule has 2 atom stereocenters. The van der Waals surface area contributed by atoms with Crippen molar-refractivity contribution in [3.63, 3.8) is 0 Å².